The molecule has 0 aromatic heterocycles. The quantitative estimate of drug-likeness (QED) is 0.0442. The summed E-state index contributed by atoms with van der Waals surface area (Å²) in [6.45, 7) is 9.54. The maximum atomic E-state index is 14.4. The van der Waals surface area contributed by atoms with E-state index in [1.54, 1.807) is 6.92 Å². The number of carbonyl (C=O) groups is 5. The number of esters is 2. The number of aliphatic hydroxyl groups is 3. The lowest BCUT2D eigenvalue weighted by molar-refractivity contribution is -0.376. The van der Waals surface area contributed by atoms with Crippen LogP contribution >= 0.6 is 0 Å². The van der Waals surface area contributed by atoms with E-state index >= 15 is 0 Å². The maximum Gasteiger partial charge on any atom is 0.508 e. The molecule has 5 N–H and O–H groups in total. The monoisotopic (exact) mass is 909 g/mol. The van der Waals surface area contributed by atoms with Gasteiger partial charge in [-0.05, 0) is 41.0 Å². The number of fused-ring (bicyclic) bond motifs is 3. The Morgan fingerprint density at radius 1 is 0.794 bits per heavy atom. The van der Waals surface area contributed by atoms with Gasteiger partial charge in [-0.25, -0.2) is 9.59 Å². The molecule has 0 aromatic carbocycles. The molecule has 17 atom stereocenters. The summed E-state index contributed by atoms with van der Waals surface area (Å²) in [6, 6.07) is 0. The molecule has 6 heterocycles. The zero-order valence-corrected chi connectivity index (χ0v) is 36.5. The number of ketones is 1. The molecule has 25 nitrogen and oxygen atoms in total. The van der Waals surface area contributed by atoms with Crippen molar-refractivity contribution < 1.29 is 116 Å². The lowest BCUT2D eigenvalue weighted by Gasteiger charge is -2.48. The topological polar surface area (TPSA) is 332 Å². The van der Waals surface area contributed by atoms with Gasteiger partial charge in [-0.2, -0.15) is 9.95 Å². The number of carboxylic acid groups (broad SMARTS) is 1. The molecule has 7 rings (SSSR count). The molecule has 0 radical (unpaired) electrons. The number of carbonyl (C=O) groups excluding carboxylic acids is 4. The van der Waals surface area contributed by atoms with Crippen molar-refractivity contribution in [2.75, 3.05) is 27.9 Å². The largest absolute Gasteiger partial charge is 0.508 e. The highest BCUT2D eigenvalue weighted by Crippen LogP contribution is 2.69. The third kappa shape index (κ3) is 6.72. The van der Waals surface area contributed by atoms with Crippen LogP contribution in [0.4, 0.5) is 4.79 Å². The molecule has 0 aromatic rings. The molecule has 0 bridgehead atoms. The first-order valence-corrected chi connectivity index (χ1v) is 20.2. The number of Topliss-reactive ketones (excluding diaryl/α,β-unsaturated/α-hetero) is 1. The van der Waals surface area contributed by atoms with Crippen molar-refractivity contribution in [2.45, 2.75) is 163 Å². The van der Waals surface area contributed by atoms with Crippen molar-refractivity contribution in [3.8, 4) is 0 Å². The van der Waals surface area contributed by atoms with E-state index in [0.717, 1.165) is 34.8 Å². The number of epoxide rings is 4. The third-order valence-corrected chi connectivity index (χ3v) is 13.6. The lowest BCUT2D eigenvalue weighted by atomic mass is 9.68. The molecular formula is C38H55NO24. The summed E-state index contributed by atoms with van der Waals surface area (Å²) in [5.74, 6) is -24.4. The average molecular weight is 910 g/mol. The van der Waals surface area contributed by atoms with E-state index in [4.69, 9.17) is 66.6 Å². The van der Waals surface area contributed by atoms with Crippen LogP contribution in [-0.4, -0.2) is 170 Å². The smallest absolute Gasteiger partial charge is 0.450 e. The van der Waals surface area contributed by atoms with Crippen molar-refractivity contribution in [3.05, 3.63) is 0 Å². The fraction of sp³-hybridized carbons (Fsp3) is 0.868. The van der Waals surface area contributed by atoms with E-state index in [1.807, 2.05) is 0 Å². The molecule has 1 saturated carbocycles. The molecule has 7 fully saturated rings. The fourth-order valence-electron chi connectivity index (χ4n) is 10.2. The van der Waals surface area contributed by atoms with Gasteiger partial charge in [0, 0.05) is 46.8 Å². The summed E-state index contributed by atoms with van der Waals surface area (Å²) in [4.78, 5) is 75.5. The van der Waals surface area contributed by atoms with Gasteiger partial charge in [0.2, 0.25) is 29.4 Å². The van der Waals surface area contributed by atoms with Gasteiger partial charge in [-0.15, -0.1) is 0 Å². The van der Waals surface area contributed by atoms with Crippen molar-refractivity contribution in [2.24, 2.45) is 17.8 Å². The SMILES string of the molecule is COOC(=O)[C@@H]1C[C@@](C)(O)[C@](O)(OC(=O)O)[C@@H](C)C(=O)[C@@]2(CO2)C[C@H](C)[C@@]2(O[C@@H]3O[C@H](C)C[C@@]4(N(C)O)O[C@]34OC(C)=O)O[C@]2(C)[C@]1(O)O[C@H]1C[C@@]2(OC)O[C@]2(OC(C)=O)[C@H](C)O1. The Morgan fingerprint density at radius 2 is 1.41 bits per heavy atom. The highest BCUT2D eigenvalue weighted by Gasteiger charge is 2.90. The Hall–Kier alpha value is -3.25. The Labute approximate surface area is 359 Å². The summed E-state index contributed by atoms with van der Waals surface area (Å²) in [7, 11) is 3.41. The number of nitrogens with zero attached hydrogens (tertiary/aromatic N) is 1. The van der Waals surface area contributed by atoms with Gasteiger partial charge in [-0.3, -0.25) is 24.0 Å². The number of methoxy groups -OCH3 is 1. The van der Waals surface area contributed by atoms with Crippen LogP contribution in [0.15, 0.2) is 0 Å². The number of hydrogen-bond acceptors (Lipinski definition) is 24. The van der Waals surface area contributed by atoms with Crippen molar-refractivity contribution in [1.82, 2.24) is 5.06 Å². The third-order valence-electron chi connectivity index (χ3n) is 13.6. The van der Waals surface area contributed by atoms with Gasteiger partial charge in [0.15, 0.2) is 23.3 Å². The van der Waals surface area contributed by atoms with E-state index in [-0.39, 0.29) is 13.0 Å². The van der Waals surface area contributed by atoms with E-state index in [2.05, 4.69) is 0 Å². The number of hydrogen-bond donors (Lipinski definition) is 5. The fourth-order valence-corrected chi connectivity index (χ4v) is 10.2. The molecule has 0 unspecified atom stereocenters. The number of hydroxylamine groups is 2. The minimum Gasteiger partial charge on any atom is -0.450 e. The van der Waals surface area contributed by atoms with Gasteiger partial charge < -0.3 is 77.7 Å². The summed E-state index contributed by atoms with van der Waals surface area (Å²) in [5.41, 5.74) is -9.09. The van der Waals surface area contributed by atoms with Crippen LogP contribution in [0.3, 0.4) is 0 Å². The summed E-state index contributed by atoms with van der Waals surface area (Å²) in [6.07, 6.45) is -9.89. The van der Waals surface area contributed by atoms with Gasteiger partial charge in [0.1, 0.15) is 17.6 Å². The Balaban J connectivity index is 1.42. The van der Waals surface area contributed by atoms with Crippen LogP contribution in [0.1, 0.15) is 81.1 Å². The van der Waals surface area contributed by atoms with E-state index in [9.17, 15) is 49.6 Å². The Morgan fingerprint density at radius 3 is 1.95 bits per heavy atom. The molecule has 25 heteroatoms. The molecule has 6 saturated heterocycles. The van der Waals surface area contributed by atoms with Gasteiger partial charge in [0.05, 0.1) is 32.2 Å². The van der Waals surface area contributed by atoms with Gasteiger partial charge in [-0.1, -0.05) is 6.92 Å². The standard InChI is InChI=1S/C38H55NO24/c1-17-12-31(16-52-31)25(42)19(3)34(47,59-28(44)45)29(7,46)14-23(26(43)60-51-11)35(48,57-24-15-33(50-10)37(63-33,20(4)54-24)55-21(5)40)30(8)36(17,61-30)58-27-38(56-22(6)41)32(62-38,39(9)49)13-18(2)53-27/h17-20,23-24,27,46-49H,12-16H2,1-11H3,(H,44,45)/t17-,18+,19-,20-,23-,24-,27-,29+,30+,31-,32+,33+,34+,35+,36+,37+,38+/m0/s1. The molecule has 1 spiro atoms. The highest BCUT2D eigenvalue weighted by molar-refractivity contribution is 5.92. The predicted molar refractivity (Wildman–Crippen MR) is 193 cm³/mol. The van der Waals surface area contributed by atoms with Crippen LogP contribution in [-0.2, 0) is 85.8 Å². The van der Waals surface area contributed by atoms with E-state index in [0.29, 0.717) is 5.06 Å². The van der Waals surface area contributed by atoms with Crippen LogP contribution in [0.2, 0.25) is 0 Å². The van der Waals surface area contributed by atoms with Crippen LogP contribution in [0.25, 0.3) is 0 Å². The first-order valence-electron chi connectivity index (χ1n) is 20.2. The molecular weight excluding hydrogens is 854 g/mol. The summed E-state index contributed by atoms with van der Waals surface area (Å²) < 4.78 is 71.3. The average Bonchev–Trinajstić information content (AvgIpc) is 4.07. The highest BCUT2D eigenvalue weighted by atomic mass is 17.2. The number of ether oxygens (including phenoxy) is 12. The molecule has 356 valence electrons. The Kier molecular flexibility index (Phi) is 11.3. The second-order valence-corrected chi connectivity index (χ2v) is 17.8. The maximum absolute atomic E-state index is 14.4. The first-order chi connectivity index (χ1) is 29.0. The number of likely N-dealkylation sites (N-methyl/N-ethyl adjacent to an activating group) is 1. The summed E-state index contributed by atoms with van der Waals surface area (Å²) >= 11 is 0. The second kappa shape index (κ2) is 14.9. The summed E-state index contributed by atoms with van der Waals surface area (Å²) in [5, 5.41) is 59.4. The predicted octanol–water partition coefficient (Wildman–Crippen LogP) is -0.338. The first kappa shape index (κ1) is 47.7. The van der Waals surface area contributed by atoms with Crippen LogP contribution < -0.4 is 0 Å². The van der Waals surface area contributed by atoms with Crippen LogP contribution in [0, 0.1) is 17.8 Å². The molecule has 7 aliphatic rings. The molecule has 6 aliphatic heterocycles. The van der Waals surface area contributed by atoms with Crippen molar-refractivity contribution in [1.29, 1.82) is 0 Å². The van der Waals surface area contributed by atoms with Gasteiger partial charge >= 0.3 is 29.9 Å². The number of rotatable bonds is 11. The minimum absolute atomic E-state index is 0.0547. The van der Waals surface area contributed by atoms with E-state index < -0.39 is 149 Å². The zero-order valence-electron chi connectivity index (χ0n) is 36.5. The lowest BCUT2D eigenvalue weighted by Crippen LogP contribution is -2.68. The van der Waals surface area contributed by atoms with Crippen LogP contribution in [0.5, 0.6) is 0 Å². The van der Waals surface area contributed by atoms with E-state index in [1.165, 1.54) is 34.9 Å². The molecule has 63 heavy (non-hydrogen) atoms. The Bertz CT molecular complexity index is 1910. The minimum atomic E-state index is -3.38. The molecule has 1 aliphatic carbocycles. The van der Waals surface area contributed by atoms with Crippen molar-refractivity contribution in [3.63, 3.8) is 0 Å². The van der Waals surface area contributed by atoms with Gasteiger partial charge in [0.25, 0.3) is 11.6 Å². The van der Waals surface area contributed by atoms with Crippen molar-refractivity contribution >= 4 is 29.8 Å². The molecule has 0 amide bonds. The zero-order chi connectivity index (χ0) is 46.9. The second-order valence-electron chi connectivity index (χ2n) is 17.8. The normalized spacial score (nSPS) is 51.0.